The lowest BCUT2D eigenvalue weighted by molar-refractivity contribution is 0.250. The van der Waals surface area contributed by atoms with Crippen LogP contribution in [0.2, 0.25) is 0 Å². The van der Waals surface area contributed by atoms with Crippen LogP contribution in [0.3, 0.4) is 0 Å². The number of aromatic nitrogens is 2. The molecule has 1 fully saturated rings. The molecule has 180 valence electrons. The molecule has 5 rings (SSSR count). The summed E-state index contributed by atoms with van der Waals surface area (Å²) in [6.45, 7) is 7.00. The smallest absolute Gasteiger partial charge is 0.316 e. The summed E-state index contributed by atoms with van der Waals surface area (Å²) in [5.41, 5.74) is 9.55. The molecule has 8 heteroatoms. The van der Waals surface area contributed by atoms with Crippen molar-refractivity contribution in [2.24, 2.45) is 5.73 Å². The average molecular weight is 463 g/mol. The maximum absolute atomic E-state index is 11.3. The molecule has 0 unspecified atom stereocenters. The molecule has 34 heavy (non-hydrogen) atoms. The average Bonchev–Trinajstić information content (AvgIpc) is 3.02. The minimum Gasteiger partial charge on any atom is -0.491 e. The number of pyridine rings is 1. The summed E-state index contributed by atoms with van der Waals surface area (Å²) in [5, 5.41) is 3.62. The molecule has 2 aliphatic heterocycles. The van der Waals surface area contributed by atoms with E-state index < -0.39 is 6.03 Å². The molecular formula is C26H34N6O2. The van der Waals surface area contributed by atoms with Crippen molar-refractivity contribution in [1.29, 1.82) is 0 Å². The van der Waals surface area contributed by atoms with E-state index in [1.807, 2.05) is 18.3 Å². The van der Waals surface area contributed by atoms with Crippen molar-refractivity contribution < 1.29 is 9.53 Å². The van der Waals surface area contributed by atoms with E-state index in [4.69, 9.17) is 10.5 Å². The fourth-order valence-corrected chi connectivity index (χ4v) is 5.13. The fraction of sp³-hybridized carbons (Fsp3) is 0.462. The molecule has 0 radical (unpaired) electrons. The van der Waals surface area contributed by atoms with Gasteiger partial charge in [-0.15, -0.1) is 0 Å². The summed E-state index contributed by atoms with van der Waals surface area (Å²) in [5.74, 6) is 1.12. The van der Waals surface area contributed by atoms with Gasteiger partial charge in [-0.1, -0.05) is 12.1 Å². The van der Waals surface area contributed by atoms with E-state index >= 15 is 0 Å². The number of rotatable bonds is 7. The number of urea groups is 1. The molecule has 2 aromatic heterocycles. The van der Waals surface area contributed by atoms with Crippen molar-refractivity contribution in [3.8, 4) is 5.75 Å². The third kappa shape index (κ3) is 4.97. The standard InChI is InChI=1S/C26H34N6O2/c27-26(33)29-22-19-32(25-21(22)9-6-11-28-25)13-3-2-12-30-14-16-31(17-15-30)23-10-5-8-20-7-1-4-18-34-24(20)23/h5-6,8-11,19H,1-4,7,12-18H2,(H3,27,29,33). The van der Waals surface area contributed by atoms with Gasteiger partial charge in [0.05, 0.1) is 18.0 Å². The third-order valence-electron chi connectivity index (χ3n) is 6.89. The van der Waals surface area contributed by atoms with E-state index in [0.29, 0.717) is 0 Å². The first kappa shape index (κ1) is 22.5. The number of nitrogens with zero attached hydrogens (tertiary/aromatic N) is 4. The number of nitrogens with one attached hydrogen (secondary N) is 1. The van der Waals surface area contributed by atoms with Gasteiger partial charge in [-0.2, -0.15) is 0 Å². The Kier molecular flexibility index (Phi) is 6.85. The number of primary amides is 1. The molecule has 3 N–H and O–H groups in total. The van der Waals surface area contributed by atoms with Crippen molar-refractivity contribution in [3.05, 3.63) is 48.3 Å². The first-order chi connectivity index (χ1) is 16.7. The number of hydrogen-bond acceptors (Lipinski definition) is 5. The van der Waals surface area contributed by atoms with Gasteiger partial charge in [-0.25, -0.2) is 9.78 Å². The predicted octanol–water partition coefficient (Wildman–Crippen LogP) is 3.84. The number of ether oxygens (including phenoxy) is 1. The van der Waals surface area contributed by atoms with Gasteiger partial charge in [0.25, 0.3) is 0 Å². The molecule has 1 aromatic carbocycles. The van der Waals surface area contributed by atoms with Crippen LogP contribution in [0.5, 0.6) is 5.75 Å². The second-order valence-corrected chi connectivity index (χ2v) is 9.21. The molecule has 1 saturated heterocycles. The Morgan fingerprint density at radius 1 is 1.06 bits per heavy atom. The summed E-state index contributed by atoms with van der Waals surface area (Å²) in [7, 11) is 0. The lowest BCUT2D eigenvalue weighted by Crippen LogP contribution is -2.46. The number of carbonyl (C=O) groups excluding carboxylic acids is 1. The Morgan fingerprint density at radius 3 is 2.76 bits per heavy atom. The van der Waals surface area contributed by atoms with Gasteiger partial charge >= 0.3 is 6.03 Å². The highest BCUT2D eigenvalue weighted by Gasteiger charge is 2.22. The molecule has 0 spiro atoms. The number of carbonyl (C=O) groups is 1. The predicted molar refractivity (Wildman–Crippen MR) is 136 cm³/mol. The first-order valence-corrected chi connectivity index (χ1v) is 12.4. The molecule has 0 saturated carbocycles. The van der Waals surface area contributed by atoms with E-state index in [0.717, 1.165) is 94.0 Å². The molecular weight excluding hydrogens is 428 g/mol. The minimum absolute atomic E-state index is 0.555. The second-order valence-electron chi connectivity index (χ2n) is 9.21. The second kappa shape index (κ2) is 10.3. The fourth-order valence-electron chi connectivity index (χ4n) is 5.13. The highest BCUT2D eigenvalue weighted by Crippen LogP contribution is 2.35. The maximum Gasteiger partial charge on any atom is 0.316 e. The van der Waals surface area contributed by atoms with Crippen LogP contribution in [0.25, 0.3) is 11.0 Å². The largest absolute Gasteiger partial charge is 0.491 e. The van der Waals surface area contributed by atoms with E-state index in [-0.39, 0.29) is 0 Å². The lowest BCUT2D eigenvalue weighted by atomic mass is 10.1. The van der Waals surface area contributed by atoms with Crippen LogP contribution in [-0.2, 0) is 13.0 Å². The summed E-state index contributed by atoms with van der Waals surface area (Å²) in [4.78, 5) is 20.9. The SMILES string of the molecule is NC(=O)Nc1cn(CCCCN2CCN(c3cccc4c3OCCCC4)CC2)c2ncccc12. The molecule has 2 aliphatic rings. The quantitative estimate of drug-likeness (QED) is 0.521. The molecule has 0 atom stereocenters. The molecule has 0 aliphatic carbocycles. The van der Waals surface area contributed by atoms with Gasteiger partial charge in [-0.05, 0) is 62.4 Å². The maximum atomic E-state index is 11.3. The monoisotopic (exact) mass is 462 g/mol. The Morgan fingerprint density at radius 2 is 1.91 bits per heavy atom. The van der Waals surface area contributed by atoms with Crippen molar-refractivity contribution >= 4 is 28.4 Å². The van der Waals surface area contributed by atoms with E-state index in [1.54, 1.807) is 6.20 Å². The van der Waals surface area contributed by atoms with Gasteiger partial charge in [0.15, 0.2) is 0 Å². The Hall–Kier alpha value is -3.26. The van der Waals surface area contributed by atoms with Crippen LogP contribution in [-0.4, -0.2) is 59.8 Å². The third-order valence-corrected chi connectivity index (χ3v) is 6.89. The topological polar surface area (TPSA) is 88.7 Å². The van der Waals surface area contributed by atoms with E-state index in [2.05, 4.69) is 42.9 Å². The Bertz CT molecular complexity index is 1140. The highest BCUT2D eigenvalue weighted by molar-refractivity contribution is 5.99. The van der Waals surface area contributed by atoms with Gasteiger partial charge in [0, 0.05) is 50.5 Å². The minimum atomic E-state index is -0.555. The summed E-state index contributed by atoms with van der Waals surface area (Å²) in [6, 6.07) is 9.89. The zero-order valence-electron chi connectivity index (χ0n) is 19.7. The van der Waals surface area contributed by atoms with Crippen LogP contribution in [0, 0.1) is 0 Å². The van der Waals surface area contributed by atoms with Crippen LogP contribution in [0.1, 0.15) is 31.2 Å². The van der Waals surface area contributed by atoms with Crippen molar-refractivity contribution in [1.82, 2.24) is 14.5 Å². The molecule has 3 aromatic rings. The number of para-hydroxylation sites is 1. The number of nitrogens with two attached hydrogens (primary N) is 1. The number of aryl methyl sites for hydroxylation is 2. The van der Waals surface area contributed by atoms with Gasteiger partial charge in [0.1, 0.15) is 11.4 Å². The number of unbranched alkanes of at least 4 members (excludes halogenated alkanes) is 1. The summed E-state index contributed by atoms with van der Waals surface area (Å²) in [6.07, 6.45) is 9.36. The summed E-state index contributed by atoms with van der Waals surface area (Å²) >= 11 is 0. The van der Waals surface area contributed by atoms with Gasteiger partial charge in [0.2, 0.25) is 0 Å². The van der Waals surface area contributed by atoms with Crippen molar-refractivity contribution in [3.63, 3.8) is 0 Å². The lowest BCUT2D eigenvalue weighted by Gasteiger charge is -2.37. The Balaban J connectivity index is 1.12. The van der Waals surface area contributed by atoms with Crippen LogP contribution in [0.4, 0.5) is 16.2 Å². The number of fused-ring (bicyclic) bond motifs is 2. The van der Waals surface area contributed by atoms with Crippen LogP contribution in [0.15, 0.2) is 42.7 Å². The van der Waals surface area contributed by atoms with Crippen molar-refractivity contribution in [2.45, 2.75) is 38.6 Å². The number of piperazine rings is 1. The molecule has 2 amide bonds. The zero-order valence-corrected chi connectivity index (χ0v) is 19.7. The van der Waals surface area contributed by atoms with Crippen LogP contribution >= 0.6 is 0 Å². The first-order valence-electron chi connectivity index (χ1n) is 12.4. The van der Waals surface area contributed by atoms with Crippen LogP contribution < -0.4 is 20.7 Å². The Labute approximate surface area is 200 Å². The van der Waals surface area contributed by atoms with E-state index in [1.165, 1.54) is 17.7 Å². The number of anilines is 2. The highest BCUT2D eigenvalue weighted by atomic mass is 16.5. The molecule has 4 heterocycles. The number of benzene rings is 1. The van der Waals surface area contributed by atoms with Gasteiger partial charge < -0.3 is 25.3 Å². The molecule has 8 nitrogen and oxygen atoms in total. The van der Waals surface area contributed by atoms with Crippen molar-refractivity contribution in [2.75, 3.05) is 49.5 Å². The number of hydrogen-bond donors (Lipinski definition) is 2. The van der Waals surface area contributed by atoms with Gasteiger partial charge in [-0.3, -0.25) is 4.90 Å². The number of amides is 2. The zero-order chi connectivity index (χ0) is 23.3. The normalized spacial score (nSPS) is 16.6. The molecule has 0 bridgehead atoms. The summed E-state index contributed by atoms with van der Waals surface area (Å²) < 4.78 is 8.25. The van der Waals surface area contributed by atoms with E-state index in [9.17, 15) is 4.79 Å².